The Labute approximate surface area is 95.0 Å². The van der Waals surface area contributed by atoms with Gasteiger partial charge >= 0.3 is 0 Å². The zero-order valence-electron chi connectivity index (χ0n) is 9.74. The molecule has 2 unspecified atom stereocenters. The summed E-state index contributed by atoms with van der Waals surface area (Å²) < 4.78 is 11.1. The molecular weight excluding hydrogens is 208 g/mol. The Hall–Kier alpha value is -0.380. The third-order valence-corrected chi connectivity index (χ3v) is 4.40. The Morgan fingerprint density at radius 2 is 2.07 bits per heavy atom. The van der Waals surface area contributed by atoms with E-state index in [1.165, 1.54) is 32.1 Å². The normalized spacial score (nSPS) is 23.7. The summed E-state index contributed by atoms with van der Waals surface area (Å²) in [6.07, 6.45) is 7.96. The molecule has 0 saturated heterocycles. The highest BCUT2D eigenvalue weighted by molar-refractivity contribution is 7.84. The van der Waals surface area contributed by atoms with Gasteiger partial charge in [0.05, 0.1) is 17.6 Å². The summed E-state index contributed by atoms with van der Waals surface area (Å²) in [6.45, 7) is 2.55. The molecule has 15 heavy (non-hydrogen) atoms. The Balaban J connectivity index is 2.40. The molecule has 0 aromatic rings. The zero-order chi connectivity index (χ0) is 11.3. The lowest BCUT2D eigenvalue weighted by molar-refractivity contribution is 0.436. The Morgan fingerprint density at radius 1 is 1.47 bits per heavy atom. The number of nitrogens with zero attached hydrogens (tertiary/aromatic N) is 1. The molecule has 0 aromatic heterocycles. The maximum absolute atomic E-state index is 11.1. The molecule has 2 N–H and O–H groups in total. The van der Waals surface area contributed by atoms with Gasteiger partial charge in [-0.3, -0.25) is 9.20 Å². The monoisotopic (exact) mass is 230 g/mol. The summed E-state index contributed by atoms with van der Waals surface area (Å²) in [7, 11) is -0.794. The van der Waals surface area contributed by atoms with Crippen molar-refractivity contribution in [2.75, 3.05) is 12.8 Å². The molecule has 1 saturated carbocycles. The second-order valence-electron chi connectivity index (χ2n) is 4.41. The van der Waals surface area contributed by atoms with E-state index in [1.54, 1.807) is 6.26 Å². The number of hydrogen-bond acceptors (Lipinski definition) is 2. The molecule has 0 aliphatic heterocycles. The fourth-order valence-electron chi connectivity index (χ4n) is 1.87. The number of amidine groups is 1. The molecule has 1 aliphatic rings. The standard InChI is InChI=1S/C11H22N2OS/c1-9(15(2)14)8-13-11(12)10-6-4-3-5-7-10/h9-10H,3-8H2,1-2H3,(H2,12,13). The van der Waals surface area contributed by atoms with E-state index in [0.29, 0.717) is 12.5 Å². The molecule has 88 valence electrons. The molecule has 1 fully saturated rings. The van der Waals surface area contributed by atoms with Gasteiger partial charge in [-0.05, 0) is 19.8 Å². The highest BCUT2D eigenvalue weighted by Crippen LogP contribution is 2.23. The molecule has 0 bridgehead atoms. The topological polar surface area (TPSA) is 55.4 Å². The van der Waals surface area contributed by atoms with E-state index >= 15 is 0 Å². The molecule has 3 nitrogen and oxygen atoms in total. The van der Waals surface area contributed by atoms with Gasteiger partial charge in [-0.1, -0.05) is 19.3 Å². The van der Waals surface area contributed by atoms with Crippen LogP contribution in [0.15, 0.2) is 4.99 Å². The summed E-state index contributed by atoms with van der Waals surface area (Å²) >= 11 is 0. The van der Waals surface area contributed by atoms with Crippen LogP contribution in [0.1, 0.15) is 39.0 Å². The molecular formula is C11H22N2OS. The number of rotatable bonds is 4. The van der Waals surface area contributed by atoms with Crippen molar-refractivity contribution in [2.45, 2.75) is 44.3 Å². The van der Waals surface area contributed by atoms with Gasteiger partial charge < -0.3 is 5.73 Å². The second-order valence-corrected chi connectivity index (χ2v) is 6.21. The van der Waals surface area contributed by atoms with Gasteiger partial charge in [-0.25, -0.2) is 0 Å². The highest BCUT2D eigenvalue weighted by Gasteiger charge is 2.17. The Kier molecular flexibility index (Phi) is 5.29. The summed E-state index contributed by atoms with van der Waals surface area (Å²) in [5.41, 5.74) is 5.95. The van der Waals surface area contributed by atoms with Crippen molar-refractivity contribution in [1.82, 2.24) is 0 Å². The summed E-state index contributed by atoms with van der Waals surface area (Å²) in [5, 5.41) is 0.118. The van der Waals surface area contributed by atoms with E-state index in [1.807, 2.05) is 6.92 Å². The molecule has 2 atom stereocenters. The molecule has 0 aromatic carbocycles. The van der Waals surface area contributed by atoms with Crippen LogP contribution in [-0.4, -0.2) is 28.1 Å². The van der Waals surface area contributed by atoms with Crippen molar-refractivity contribution in [2.24, 2.45) is 16.6 Å². The van der Waals surface area contributed by atoms with Crippen molar-refractivity contribution in [3.05, 3.63) is 0 Å². The average Bonchev–Trinajstić information content (AvgIpc) is 2.26. The predicted octanol–water partition coefficient (Wildman–Crippen LogP) is 1.69. The minimum atomic E-state index is -0.794. The van der Waals surface area contributed by atoms with Gasteiger partial charge in [0.2, 0.25) is 0 Å². The highest BCUT2D eigenvalue weighted by atomic mass is 32.2. The Bertz CT molecular complexity index is 247. The third kappa shape index (κ3) is 4.33. The lowest BCUT2D eigenvalue weighted by Crippen LogP contribution is -2.27. The number of aliphatic imine (C=N–C) groups is 1. The maximum Gasteiger partial charge on any atom is 0.0968 e. The molecule has 0 heterocycles. The van der Waals surface area contributed by atoms with E-state index < -0.39 is 10.8 Å². The van der Waals surface area contributed by atoms with Crippen LogP contribution in [0.3, 0.4) is 0 Å². The van der Waals surface area contributed by atoms with Crippen LogP contribution in [0.25, 0.3) is 0 Å². The van der Waals surface area contributed by atoms with Crippen molar-refractivity contribution < 1.29 is 4.21 Å². The summed E-state index contributed by atoms with van der Waals surface area (Å²) in [5.74, 6) is 1.27. The molecule has 1 aliphatic carbocycles. The van der Waals surface area contributed by atoms with Gasteiger partial charge in [0, 0.05) is 23.0 Å². The minimum absolute atomic E-state index is 0.118. The second kappa shape index (κ2) is 6.26. The minimum Gasteiger partial charge on any atom is -0.387 e. The van der Waals surface area contributed by atoms with Gasteiger partial charge in [-0.15, -0.1) is 0 Å². The van der Waals surface area contributed by atoms with E-state index in [9.17, 15) is 4.21 Å². The van der Waals surface area contributed by atoms with Crippen LogP contribution >= 0.6 is 0 Å². The van der Waals surface area contributed by atoms with Crippen LogP contribution in [0.2, 0.25) is 0 Å². The van der Waals surface area contributed by atoms with Crippen LogP contribution in [-0.2, 0) is 10.8 Å². The van der Waals surface area contributed by atoms with Crippen molar-refractivity contribution in [1.29, 1.82) is 0 Å². The van der Waals surface area contributed by atoms with Crippen molar-refractivity contribution >= 4 is 16.6 Å². The number of hydrogen-bond donors (Lipinski definition) is 1. The lowest BCUT2D eigenvalue weighted by atomic mass is 9.88. The fourth-order valence-corrected chi connectivity index (χ4v) is 2.15. The van der Waals surface area contributed by atoms with Crippen LogP contribution in [0.5, 0.6) is 0 Å². The fraction of sp³-hybridized carbons (Fsp3) is 0.909. The lowest BCUT2D eigenvalue weighted by Gasteiger charge is -2.21. The average molecular weight is 230 g/mol. The van der Waals surface area contributed by atoms with E-state index in [2.05, 4.69) is 4.99 Å². The largest absolute Gasteiger partial charge is 0.387 e. The SMILES string of the molecule is CC(CN=C(N)C1CCCCC1)S(C)=O. The first kappa shape index (κ1) is 12.7. The zero-order valence-corrected chi connectivity index (χ0v) is 10.6. The summed E-state index contributed by atoms with van der Waals surface area (Å²) in [6, 6.07) is 0. The van der Waals surface area contributed by atoms with Crippen LogP contribution < -0.4 is 5.73 Å². The quantitative estimate of drug-likeness (QED) is 0.590. The first-order valence-electron chi connectivity index (χ1n) is 5.73. The van der Waals surface area contributed by atoms with Gasteiger partial charge in [0.15, 0.2) is 0 Å². The summed E-state index contributed by atoms with van der Waals surface area (Å²) in [4.78, 5) is 4.37. The number of nitrogens with two attached hydrogens (primary N) is 1. The van der Waals surface area contributed by atoms with Crippen molar-refractivity contribution in [3.63, 3.8) is 0 Å². The van der Waals surface area contributed by atoms with E-state index in [4.69, 9.17) is 5.73 Å². The Morgan fingerprint density at radius 3 is 2.60 bits per heavy atom. The third-order valence-electron chi connectivity index (χ3n) is 3.12. The van der Waals surface area contributed by atoms with Crippen molar-refractivity contribution in [3.8, 4) is 0 Å². The first-order chi connectivity index (χ1) is 7.11. The molecule has 0 amide bonds. The van der Waals surface area contributed by atoms with Crippen LogP contribution in [0.4, 0.5) is 0 Å². The molecule has 0 spiro atoms. The molecule has 0 radical (unpaired) electrons. The van der Waals surface area contributed by atoms with E-state index in [0.717, 1.165) is 5.84 Å². The van der Waals surface area contributed by atoms with Gasteiger partial charge in [-0.2, -0.15) is 0 Å². The predicted molar refractivity (Wildman–Crippen MR) is 66.6 cm³/mol. The van der Waals surface area contributed by atoms with E-state index in [-0.39, 0.29) is 5.25 Å². The maximum atomic E-state index is 11.1. The molecule has 1 rings (SSSR count). The van der Waals surface area contributed by atoms with Crippen LogP contribution in [0, 0.1) is 5.92 Å². The first-order valence-corrected chi connectivity index (χ1v) is 7.35. The molecule has 4 heteroatoms. The smallest absolute Gasteiger partial charge is 0.0968 e. The van der Waals surface area contributed by atoms with Gasteiger partial charge in [0.25, 0.3) is 0 Å². The van der Waals surface area contributed by atoms with Gasteiger partial charge in [0.1, 0.15) is 0 Å².